The maximum absolute atomic E-state index is 4.47. The average molecular weight is 248 g/mol. The van der Waals surface area contributed by atoms with E-state index < -0.39 is 0 Å². The number of hydrogen-bond acceptors (Lipinski definition) is 1. The van der Waals surface area contributed by atoms with Crippen LogP contribution in [0.3, 0.4) is 0 Å². The second-order valence-corrected chi connectivity index (χ2v) is 4.83. The Morgan fingerprint density at radius 1 is 0.895 bits per heavy atom. The third kappa shape index (κ3) is 2.29. The molecular weight excluding hydrogens is 232 g/mol. The molecule has 19 heavy (non-hydrogen) atoms. The van der Waals surface area contributed by atoms with Gasteiger partial charge in [-0.15, -0.1) is 0 Å². The standard InChI is InChI=1S/C17H16N2/c1-13-6-5-8-15(10-13)16-11-18-19(12-16)17-9-4-3-7-14(17)2/h3-12H,1-2H3. The van der Waals surface area contributed by atoms with Crippen LogP contribution in [-0.2, 0) is 0 Å². The van der Waals surface area contributed by atoms with Gasteiger partial charge in [0.25, 0.3) is 0 Å². The number of nitrogens with zero attached hydrogens (tertiary/aromatic N) is 2. The Labute approximate surface area is 113 Å². The second-order valence-electron chi connectivity index (χ2n) is 4.83. The van der Waals surface area contributed by atoms with Crippen LogP contribution in [0, 0.1) is 13.8 Å². The highest BCUT2D eigenvalue weighted by molar-refractivity contribution is 5.63. The number of para-hydroxylation sites is 1. The SMILES string of the molecule is Cc1cccc(-c2cnn(-c3ccccc3C)c2)c1. The Balaban J connectivity index is 2.03. The molecule has 94 valence electrons. The Morgan fingerprint density at radius 2 is 1.74 bits per heavy atom. The van der Waals surface area contributed by atoms with E-state index in [1.807, 2.05) is 23.0 Å². The molecule has 2 nitrogen and oxygen atoms in total. The van der Waals surface area contributed by atoms with E-state index in [1.165, 1.54) is 16.7 Å². The predicted molar refractivity (Wildman–Crippen MR) is 78.5 cm³/mol. The van der Waals surface area contributed by atoms with Gasteiger partial charge in [0.05, 0.1) is 11.9 Å². The van der Waals surface area contributed by atoms with Gasteiger partial charge in [0.1, 0.15) is 0 Å². The summed E-state index contributed by atoms with van der Waals surface area (Å²) in [4.78, 5) is 0. The summed E-state index contributed by atoms with van der Waals surface area (Å²) in [5.41, 5.74) is 5.97. The van der Waals surface area contributed by atoms with Crippen molar-refractivity contribution in [3.8, 4) is 16.8 Å². The molecule has 0 fully saturated rings. The molecule has 0 bridgehead atoms. The van der Waals surface area contributed by atoms with E-state index in [0.29, 0.717) is 0 Å². The van der Waals surface area contributed by atoms with Crippen LogP contribution in [-0.4, -0.2) is 9.78 Å². The van der Waals surface area contributed by atoms with Gasteiger partial charge in [-0.1, -0.05) is 48.0 Å². The van der Waals surface area contributed by atoms with Crippen LogP contribution in [0.2, 0.25) is 0 Å². The second kappa shape index (κ2) is 4.73. The summed E-state index contributed by atoms with van der Waals surface area (Å²) in [5.74, 6) is 0. The number of benzene rings is 2. The number of rotatable bonds is 2. The van der Waals surface area contributed by atoms with E-state index >= 15 is 0 Å². The zero-order valence-corrected chi connectivity index (χ0v) is 11.2. The monoisotopic (exact) mass is 248 g/mol. The summed E-state index contributed by atoms with van der Waals surface area (Å²) < 4.78 is 1.94. The van der Waals surface area contributed by atoms with Crippen molar-refractivity contribution in [3.63, 3.8) is 0 Å². The van der Waals surface area contributed by atoms with Crippen molar-refractivity contribution in [3.05, 3.63) is 72.1 Å². The lowest BCUT2D eigenvalue weighted by atomic mass is 10.1. The van der Waals surface area contributed by atoms with E-state index in [9.17, 15) is 0 Å². The van der Waals surface area contributed by atoms with Crippen LogP contribution >= 0.6 is 0 Å². The fourth-order valence-corrected chi connectivity index (χ4v) is 2.25. The van der Waals surface area contributed by atoms with Crippen LogP contribution in [0.25, 0.3) is 16.8 Å². The van der Waals surface area contributed by atoms with E-state index in [0.717, 1.165) is 11.3 Å². The first-order valence-corrected chi connectivity index (χ1v) is 6.42. The molecule has 0 amide bonds. The van der Waals surface area contributed by atoms with Crippen LogP contribution in [0.5, 0.6) is 0 Å². The van der Waals surface area contributed by atoms with Crippen molar-refractivity contribution in [2.45, 2.75) is 13.8 Å². The summed E-state index contributed by atoms with van der Waals surface area (Å²) in [6, 6.07) is 16.8. The zero-order valence-electron chi connectivity index (χ0n) is 11.2. The summed E-state index contributed by atoms with van der Waals surface area (Å²) >= 11 is 0. The molecule has 1 aromatic heterocycles. The molecule has 3 aromatic rings. The molecule has 0 spiro atoms. The summed E-state index contributed by atoms with van der Waals surface area (Å²) in [6.45, 7) is 4.21. The van der Waals surface area contributed by atoms with Gasteiger partial charge in [-0.3, -0.25) is 0 Å². The fourth-order valence-electron chi connectivity index (χ4n) is 2.25. The lowest BCUT2D eigenvalue weighted by Crippen LogP contribution is -1.96. The van der Waals surface area contributed by atoms with Crippen LogP contribution in [0.15, 0.2) is 60.9 Å². The van der Waals surface area contributed by atoms with Crippen molar-refractivity contribution < 1.29 is 0 Å². The van der Waals surface area contributed by atoms with Gasteiger partial charge in [0, 0.05) is 11.8 Å². The summed E-state index contributed by atoms with van der Waals surface area (Å²) in [7, 11) is 0. The quantitative estimate of drug-likeness (QED) is 0.666. The summed E-state index contributed by atoms with van der Waals surface area (Å²) in [6.07, 6.45) is 4.00. The first-order chi connectivity index (χ1) is 9.24. The highest BCUT2D eigenvalue weighted by Crippen LogP contribution is 2.22. The number of aromatic nitrogens is 2. The summed E-state index contributed by atoms with van der Waals surface area (Å²) in [5, 5.41) is 4.47. The van der Waals surface area contributed by atoms with Gasteiger partial charge in [0.15, 0.2) is 0 Å². The van der Waals surface area contributed by atoms with Crippen LogP contribution in [0.4, 0.5) is 0 Å². The third-order valence-electron chi connectivity index (χ3n) is 3.30. The molecule has 2 heteroatoms. The molecule has 0 N–H and O–H groups in total. The first-order valence-electron chi connectivity index (χ1n) is 6.42. The van der Waals surface area contributed by atoms with Gasteiger partial charge < -0.3 is 0 Å². The minimum Gasteiger partial charge on any atom is -0.240 e. The highest BCUT2D eigenvalue weighted by atomic mass is 15.3. The van der Waals surface area contributed by atoms with Gasteiger partial charge in [-0.2, -0.15) is 5.10 Å². The average Bonchev–Trinajstić information content (AvgIpc) is 2.89. The molecular formula is C17H16N2. The molecule has 0 saturated carbocycles. The van der Waals surface area contributed by atoms with E-state index in [1.54, 1.807) is 0 Å². The smallest absolute Gasteiger partial charge is 0.0674 e. The minimum absolute atomic E-state index is 1.13. The molecule has 3 rings (SSSR count). The molecule has 0 radical (unpaired) electrons. The zero-order chi connectivity index (χ0) is 13.2. The predicted octanol–water partition coefficient (Wildman–Crippen LogP) is 4.16. The van der Waals surface area contributed by atoms with E-state index in [4.69, 9.17) is 0 Å². The van der Waals surface area contributed by atoms with Crippen LogP contribution in [0.1, 0.15) is 11.1 Å². The minimum atomic E-state index is 1.13. The molecule has 0 aliphatic heterocycles. The van der Waals surface area contributed by atoms with Gasteiger partial charge in [0.2, 0.25) is 0 Å². The van der Waals surface area contributed by atoms with Crippen LogP contribution < -0.4 is 0 Å². The van der Waals surface area contributed by atoms with Crippen molar-refractivity contribution in [2.75, 3.05) is 0 Å². The molecule has 0 atom stereocenters. The molecule has 2 aromatic carbocycles. The molecule has 0 unspecified atom stereocenters. The number of aryl methyl sites for hydroxylation is 2. The van der Waals surface area contributed by atoms with Crippen molar-refractivity contribution in [1.82, 2.24) is 9.78 Å². The topological polar surface area (TPSA) is 17.8 Å². The Morgan fingerprint density at radius 3 is 2.53 bits per heavy atom. The van der Waals surface area contributed by atoms with Crippen molar-refractivity contribution >= 4 is 0 Å². The largest absolute Gasteiger partial charge is 0.240 e. The molecule has 0 saturated heterocycles. The Hall–Kier alpha value is -2.35. The molecule has 0 aliphatic carbocycles. The third-order valence-corrected chi connectivity index (χ3v) is 3.30. The van der Waals surface area contributed by atoms with Gasteiger partial charge in [-0.25, -0.2) is 4.68 Å². The van der Waals surface area contributed by atoms with Crippen molar-refractivity contribution in [2.24, 2.45) is 0 Å². The maximum Gasteiger partial charge on any atom is 0.0674 e. The van der Waals surface area contributed by atoms with Gasteiger partial charge in [-0.05, 0) is 31.0 Å². The normalized spacial score (nSPS) is 10.6. The lowest BCUT2D eigenvalue weighted by molar-refractivity contribution is 0.873. The van der Waals surface area contributed by atoms with Crippen molar-refractivity contribution in [1.29, 1.82) is 0 Å². The first kappa shape index (κ1) is 11.7. The maximum atomic E-state index is 4.47. The highest BCUT2D eigenvalue weighted by Gasteiger charge is 2.05. The number of hydrogen-bond donors (Lipinski definition) is 0. The van der Waals surface area contributed by atoms with E-state index in [2.05, 4.69) is 61.5 Å². The Kier molecular flexibility index (Phi) is 2.92. The molecule has 1 heterocycles. The van der Waals surface area contributed by atoms with E-state index in [-0.39, 0.29) is 0 Å². The molecule has 0 aliphatic rings. The lowest BCUT2D eigenvalue weighted by Gasteiger charge is -2.04. The van der Waals surface area contributed by atoms with Gasteiger partial charge >= 0.3 is 0 Å². The Bertz CT molecular complexity index is 711. The fraction of sp³-hybridized carbons (Fsp3) is 0.118.